The van der Waals surface area contributed by atoms with Gasteiger partial charge < -0.3 is 15.3 Å². The van der Waals surface area contributed by atoms with Gasteiger partial charge in [0, 0.05) is 0 Å². The first-order valence-corrected chi connectivity index (χ1v) is 7.36. The second-order valence-corrected chi connectivity index (χ2v) is 4.78. The average Bonchev–Trinajstić information content (AvgIpc) is 2.60. The molecule has 0 fully saturated rings. The van der Waals surface area contributed by atoms with Crippen molar-refractivity contribution in [2.75, 3.05) is 34.3 Å². The lowest BCUT2D eigenvalue weighted by atomic mass is 10.5. The van der Waals surface area contributed by atoms with Crippen LogP contribution in [0.3, 0.4) is 0 Å². The highest BCUT2D eigenvalue weighted by Crippen LogP contribution is 2.20. The van der Waals surface area contributed by atoms with E-state index in [-0.39, 0.29) is 19.6 Å². The predicted molar refractivity (Wildman–Crippen MR) is 96.5 cm³/mol. The Labute approximate surface area is 154 Å². The summed E-state index contributed by atoms with van der Waals surface area (Å²) < 4.78 is 0. The average molecular weight is 378 g/mol. The Morgan fingerprint density at radius 2 is 0.889 bits per heavy atom. The van der Waals surface area contributed by atoms with Crippen LogP contribution in [0.25, 0.3) is 0 Å². The lowest BCUT2D eigenvalue weighted by Gasteiger charge is -2.22. The molecule has 3 amide bonds. The normalized spacial score (nSPS) is 9.78. The molecule has 0 saturated carbocycles. The molecule has 0 unspecified atom stereocenters. The molecule has 1 aromatic rings. The number of nitrogens with zero attached hydrogens (tertiary/aromatic N) is 6. The standard InChI is InChI=1S/C15H18N6O6/c1-4-7-19(13(22)23)10-16-11(20(8-5-2)14(24)25)18-12(17-10)21(9-6-3)15(26)27/h4-6H,1-3,7-9H2,(H,22,23)(H,24,25)(H,26,27). The van der Waals surface area contributed by atoms with Crippen LogP contribution in [0.15, 0.2) is 38.0 Å². The fourth-order valence-corrected chi connectivity index (χ4v) is 1.83. The van der Waals surface area contributed by atoms with E-state index >= 15 is 0 Å². The zero-order valence-electron chi connectivity index (χ0n) is 14.2. The van der Waals surface area contributed by atoms with Crippen LogP contribution in [-0.4, -0.2) is 68.2 Å². The molecule has 1 aromatic heterocycles. The van der Waals surface area contributed by atoms with Crippen molar-refractivity contribution in [1.82, 2.24) is 15.0 Å². The number of anilines is 3. The Kier molecular flexibility index (Phi) is 7.42. The molecule has 0 radical (unpaired) electrons. The van der Waals surface area contributed by atoms with Crippen molar-refractivity contribution < 1.29 is 29.7 Å². The van der Waals surface area contributed by atoms with Crippen LogP contribution in [0, 0.1) is 0 Å². The van der Waals surface area contributed by atoms with E-state index in [0.717, 1.165) is 0 Å². The van der Waals surface area contributed by atoms with E-state index < -0.39 is 36.1 Å². The van der Waals surface area contributed by atoms with Crippen molar-refractivity contribution in [3.05, 3.63) is 38.0 Å². The third-order valence-corrected chi connectivity index (χ3v) is 2.95. The Hall–Kier alpha value is -3.96. The lowest BCUT2D eigenvalue weighted by Crippen LogP contribution is -2.37. The maximum atomic E-state index is 11.5. The molecule has 0 aliphatic carbocycles. The van der Waals surface area contributed by atoms with Crippen LogP contribution in [0.2, 0.25) is 0 Å². The molecule has 12 heteroatoms. The third-order valence-electron chi connectivity index (χ3n) is 2.95. The van der Waals surface area contributed by atoms with Gasteiger partial charge in [0.15, 0.2) is 0 Å². The molecule has 0 aliphatic heterocycles. The maximum Gasteiger partial charge on any atom is 0.414 e. The number of hydrogen-bond acceptors (Lipinski definition) is 6. The first-order valence-electron chi connectivity index (χ1n) is 7.36. The molecule has 0 bridgehead atoms. The summed E-state index contributed by atoms with van der Waals surface area (Å²) in [6, 6.07) is 0. The van der Waals surface area contributed by atoms with E-state index in [0.29, 0.717) is 14.7 Å². The van der Waals surface area contributed by atoms with Crippen LogP contribution in [0.5, 0.6) is 0 Å². The van der Waals surface area contributed by atoms with Gasteiger partial charge in [0.1, 0.15) is 0 Å². The van der Waals surface area contributed by atoms with Crippen molar-refractivity contribution >= 4 is 36.1 Å². The third kappa shape index (κ3) is 5.26. The molecule has 12 nitrogen and oxygen atoms in total. The predicted octanol–water partition coefficient (Wildman–Crippen LogP) is 1.88. The number of carboxylic acid groups (broad SMARTS) is 3. The Balaban J connectivity index is 3.67. The fraction of sp³-hybridized carbons (Fsp3) is 0.200. The van der Waals surface area contributed by atoms with E-state index in [2.05, 4.69) is 34.7 Å². The number of amides is 3. The molecule has 0 spiro atoms. The van der Waals surface area contributed by atoms with Gasteiger partial charge in [0.05, 0.1) is 19.6 Å². The van der Waals surface area contributed by atoms with E-state index in [1.165, 1.54) is 18.2 Å². The van der Waals surface area contributed by atoms with Crippen molar-refractivity contribution in [1.29, 1.82) is 0 Å². The first-order chi connectivity index (χ1) is 12.8. The minimum atomic E-state index is -1.45. The largest absolute Gasteiger partial charge is 0.465 e. The molecule has 1 heterocycles. The number of rotatable bonds is 9. The van der Waals surface area contributed by atoms with E-state index in [4.69, 9.17) is 0 Å². The second-order valence-electron chi connectivity index (χ2n) is 4.78. The van der Waals surface area contributed by atoms with Crippen molar-refractivity contribution in [2.45, 2.75) is 0 Å². The van der Waals surface area contributed by atoms with Gasteiger partial charge in [-0.3, -0.25) is 0 Å². The fourth-order valence-electron chi connectivity index (χ4n) is 1.83. The van der Waals surface area contributed by atoms with Gasteiger partial charge in [-0.1, -0.05) is 18.2 Å². The van der Waals surface area contributed by atoms with Crippen LogP contribution >= 0.6 is 0 Å². The van der Waals surface area contributed by atoms with Gasteiger partial charge in [-0.05, 0) is 0 Å². The summed E-state index contributed by atoms with van der Waals surface area (Å²) in [6.45, 7) is 9.62. The lowest BCUT2D eigenvalue weighted by molar-refractivity contribution is 0.201. The van der Waals surface area contributed by atoms with Crippen molar-refractivity contribution in [2.24, 2.45) is 0 Å². The van der Waals surface area contributed by atoms with Gasteiger partial charge in [-0.2, -0.15) is 15.0 Å². The topological polar surface area (TPSA) is 160 Å². The summed E-state index contributed by atoms with van der Waals surface area (Å²) in [6.07, 6.45) is -0.574. The molecule has 0 atom stereocenters. The van der Waals surface area contributed by atoms with Gasteiger partial charge >= 0.3 is 18.3 Å². The summed E-state index contributed by atoms with van der Waals surface area (Å²) in [7, 11) is 0. The molecule has 144 valence electrons. The summed E-state index contributed by atoms with van der Waals surface area (Å²) in [4.78, 5) is 47.9. The van der Waals surface area contributed by atoms with E-state index in [1.54, 1.807) is 0 Å². The zero-order valence-corrected chi connectivity index (χ0v) is 14.2. The van der Waals surface area contributed by atoms with Crippen LogP contribution in [0.4, 0.5) is 32.2 Å². The van der Waals surface area contributed by atoms with Gasteiger partial charge in [0.2, 0.25) is 17.8 Å². The van der Waals surface area contributed by atoms with Crippen molar-refractivity contribution in [3.8, 4) is 0 Å². The molecule has 27 heavy (non-hydrogen) atoms. The van der Waals surface area contributed by atoms with Gasteiger partial charge in [-0.15, -0.1) is 19.7 Å². The van der Waals surface area contributed by atoms with E-state index in [1.807, 2.05) is 0 Å². The van der Waals surface area contributed by atoms with Crippen LogP contribution in [-0.2, 0) is 0 Å². The first kappa shape index (κ1) is 21.1. The molecule has 0 aromatic carbocycles. The minimum absolute atomic E-state index is 0.221. The zero-order chi connectivity index (χ0) is 20.6. The van der Waals surface area contributed by atoms with Gasteiger partial charge in [-0.25, -0.2) is 29.1 Å². The molecule has 3 N–H and O–H groups in total. The van der Waals surface area contributed by atoms with Crippen LogP contribution < -0.4 is 14.7 Å². The van der Waals surface area contributed by atoms with E-state index in [9.17, 15) is 29.7 Å². The molecule has 0 saturated heterocycles. The summed E-state index contributed by atoms with van der Waals surface area (Å²) in [5.41, 5.74) is 0. The number of carbonyl (C=O) groups is 3. The Bertz CT molecular complexity index is 655. The monoisotopic (exact) mass is 378 g/mol. The summed E-state index contributed by atoms with van der Waals surface area (Å²) in [5, 5.41) is 28.0. The number of hydrogen-bond donors (Lipinski definition) is 3. The van der Waals surface area contributed by atoms with Gasteiger partial charge in [0.25, 0.3) is 0 Å². The molecular formula is C15H18N6O6. The summed E-state index contributed by atoms with van der Waals surface area (Å²) >= 11 is 0. The van der Waals surface area contributed by atoms with Crippen molar-refractivity contribution in [3.63, 3.8) is 0 Å². The smallest absolute Gasteiger partial charge is 0.414 e. The highest BCUT2D eigenvalue weighted by molar-refractivity contribution is 5.88. The quantitative estimate of drug-likeness (QED) is 0.545. The summed E-state index contributed by atoms with van der Waals surface area (Å²) in [5.74, 6) is -1.39. The van der Waals surface area contributed by atoms with Crippen LogP contribution in [0.1, 0.15) is 0 Å². The highest BCUT2D eigenvalue weighted by Gasteiger charge is 2.26. The highest BCUT2D eigenvalue weighted by atomic mass is 16.4. The molecular weight excluding hydrogens is 360 g/mol. The maximum absolute atomic E-state index is 11.5. The number of aromatic nitrogens is 3. The molecule has 0 aliphatic rings. The molecule has 1 rings (SSSR count). The second kappa shape index (κ2) is 9.50. The SMILES string of the molecule is C=CCN(C(=O)O)c1nc(N(CC=C)C(=O)O)nc(N(CC=C)C(=O)O)n1. The Morgan fingerprint density at radius 3 is 1.04 bits per heavy atom. The minimum Gasteiger partial charge on any atom is -0.465 e. The Morgan fingerprint density at radius 1 is 0.667 bits per heavy atom.